The van der Waals surface area contributed by atoms with Crippen molar-refractivity contribution in [2.24, 2.45) is 0 Å². The van der Waals surface area contributed by atoms with Gasteiger partial charge in [-0.05, 0) is 24.3 Å². The largest absolute Gasteiger partial charge is 0.435 e. The summed E-state index contributed by atoms with van der Waals surface area (Å²) in [5.41, 5.74) is 0.117. The first kappa shape index (κ1) is 13.3. The topological polar surface area (TPSA) is 42.4 Å². The van der Waals surface area contributed by atoms with E-state index in [1.165, 1.54) is 12.3 Å². The highest BCUT2D eigenvalue weighted by molar-refractivity contribution is 9.10. The number of rotatable bonds is 3. The number of benzene rings is 1. The minimum absolute atomic E-state index is 0.117. The Hall–Kier alpha value is -1.17. The predicted octanol–water partition coefficient (Wildman–Crippen LogP) is 3.92. The van der Waals surface area contributed by atoms with Crippen LogP contribution in [-0.2, 0) is 6.61 Å². The zero-order valence-electron chi connectivity index (χ0n) is 9.03. The van der Waals surface area contributed by atoms with E-state index in [1.54, 1.807) is 18.2 Å². The third-order valence-corrected chi connectivity index (χ3v) is 3.01. The molecular weight excluding hydrogens is 324 g/mol. The third-order valence-electron chi connectivity index (χ3n) is 2.21. The minimum Gasteiger partial charge on any atom is -0.435 e. The summed E-state index contributed by atoms with van der Waals surface area (Å²) in [7, 11) is 0. The van der Waals surface area contributed by atoms with Gasteiger partial charge < -0.3 is 9.84 Å². The fourth-order valence-electron chi connectivity index (χ4n) is 1.31. The summed E-state index contributed by atoms with van der Waals surface area (Å²) in [6, 6.07) is 6.34. The Morgan fingerprint density at radius 2 is 2.17 bits per heavy atom. The summed E-state index contributed by atoms with van der Waals surface area (Å²) in [6.45, 7) is -0.420. The zero-order valence-corrected chi connectivity index (χ0v) is 11.4. The van der Waals surface area contributed by atoms with Crippen molar-refractivity contribution >= 4 is 27.5 Å². The maximum absolute atomic E-state index is 13.8. The van der Waals surface area contributed by atoms with Crippen LogP contribution in [0.5, 0.6) is 11.6 Å². The van der Waals surface area contributed by atoms with E-state index in [1.807, 2.05) is 0 Å². The van der Waals surface area contributed by atoms with Gasteiger partial charge in [0.25, 0.3) is 5.88 Å². The van der Waals surface area contributed by atoms with E-state index in [0.29, 0.717) is 5.02 Å². The van der Waals surface area contributed by atoms with Gasteiger partial charge in [0.15, 0.2) is 5.82 Å². The number of nitrogens with zero attached hydrogens (tertiary/aromatic N) is 1. The molecule has 0 radical (unpaired) electrons. The fourth-order valence-corrected chi connectivity index (χ4v) is 1.81. The first-order chi connectivity index (χ1) is 8.61. The molecule has 3 nitrogen and oxygen atoms in total. The molecule has 0 aliphatic rings. The quantitative estimate of drug-likeness (QED) is 0.926. The molecule has 1 aromatic heterocycles. The lowest BCUT2D eigenvalue weighted by molar-refractivity contribution is 0.273. The average Bonchev–Trinajstić information content (AvgIpc) is 2.36. The van der Waals surface area contributed by atoms with Crippen LogP contribution in [0.3, 0.4) is 0 Å². The Morgan fingerprint density at radius 3 is 2.89 bits per heavy atom. The number of aliphatic hydroxyl groups excluding tert-OH is 1. The smallest absolute Gasteiger partial charge is 0.256 e. The second-order valence-corrected chi connectivity index (χ2v) is 4.75. The summed E-state index contributed by atoms with van der Waals surface area (Å²) >= 11 is 9.19. The molecule has 1 N–H and O–H groups in total. The molecule has 0 aliphatic carbocycles. The summed E-state index contributed by atoms with van der Waals surface area (Å²) in [5.74, 6) is -0.634. The van der Waals surface area contributed by atoms with Gasteiger partial charge in [0.2, 0.25) is 0 Å². The van der Waals surface area contributed by atoms with Crippen LogP contribution in [0.4, 0.5) is 4.39 Å². The summed E-state index contributed by atoms with van der Waals surface area (Å²) in [6.07, 6.45) is 1.36. The predicted molar refractivity (Wildman–Crippen MR) is 69.3 cm³/mol. The van der Waals surface area contributed by atoms with Gasteiger partial charge >= 0.3 is 0 Å². The fraction of sp³-hybridized carbons (Fsp3) is 0.0833. The second kappa shape index (κ2) is 5.65. The number of ether oxygens (including phenoxy) is 1. The van der Waals surface area contributed by atoms with Crippen LogP contribution in [0.25, 0.3) is 0 Å². The molecule has 0 fully saturated rings. The van der Waals surface area contributed by atoms with Crippen molar-refractivity contribution < 1.29 is 14.2 Å². The van der Waals surface area contributed by atoms with Gasteiger partial charge in [-0.2, -0.15) is 0 Å². The summed E-state index contributed by atoms with van der Waals surface area (Å²) in [5, 5.41) is 9.29. The van der Waals surface area contributed by atoms with E-state index in [0.717, 1.165) is 4.47 Å². The van der Waals surface area contributed by atoms with E-state index >= 15 is 0 Å². The Morgan fingerprint density at radius 1 is 1.39 bits per heavy atom. The molecule has 2 rings (SSSR count). The van der Waals surface area contributed by atoms with E-state index < -0.39 is 12.4 Å². The molecule has 0 saturated carbocycles. The molecular formula is C12H8BrClFNO2. The van der Waals surface area contributed by atoms with Crippen molar-refractivity contribution in [2.75, 3.05) is 0 Å². The number of aromatic nitrogens is 1. The van der Waals surface area contributed by atoms with E-state index in [-0.39, 0.29) is 17.2 Å². The maximum Gasteiger partial charge on any atom is 0.256 e. The molecule has 0 bridgehead atoms. The standard InChI is InChI=1S/C12H8BrClFNO2/c13-8-1-2-9(14)10(5-8)18-12-11(15)7(6-17)3-4-16-12/h1-5,17H,6H2. The van der Waals surface area contributed by atoms with Crippen molar-refractivity contribution in [1.29, 1.82) is 0 Å². The van der Waals surface area contributed by atoms with Crippen LogP contribution >= 0.6 is 27.5 Å². The van der Waals surface area contributed by atoms with Gasteiger partial charge in [0.05, 0.1) is 11.6 Å². The molecule has 2 aromatic rings. The molecule has 0 saturated heterocycles. The molecule has 94 valence electrons. The Balaban J connectivity index is 2.37. The molecule has 0 atom stereocenters. The van der Waals surface area contributed by atoms with Gasteiger partial charge in [-0.15, -0.1) is 0 Å². The van der Waals surface area contributed by atoms with Gasteiger partial charge in [-0.25, -0.2) is 9.37 Å². The van der Waals surface area contributed by atoms with E-state index in [4.69, 9.17) is 21.4 Å². The maximum atomic E-state index is 13.8. The lowest BCUT2D eigenvalue weighted by Crippen LogP contribution is -1.97. The van der Waals surface area contributed by atoms with Crippen molar-refractivity contribution in [2.45, 2.75) is 6.61 Å². The molecule has 18 heavy (non-hydrogen) atoms. The Labute approximate surface area is 116 Å². The summed E-state index contributed by atoms with van der Waals surface area (Å²) < 4.78 is 19.8. The monoisotopic (exact) mass is 331 g/mol. The number of aliphatic hydroxyl groups is 1. The van der Waals surface area contributed by atoms with Gasteiger partial charge in [-0.1, -0.05) is 27.5 Å². The minimum atomic E-state index is -0.698. The lowest BCUT2D eigenvalue weighted by atomic mass is 10.2. The first-order valence-corrected chi connectivity index (χ1v) is 6.16. The van der Waals surface area contributed by atoms with Crippen molar-refractivity contribution in [3.63, 3.8) is 0 Å². The van der Waals surface area contributed by atoms with Crippen LogP contribution in [-0.4, -0.2) is 10.1 Å². The molecule has 0 spiro atoms. The van der Waals surface area contributed by atoms with Crippen molar-refractivity contribution in [1.82, 2.24) is 4.98 Å². The highest BCUT2D eigenvalue weighted by Crippen LogP contribution is 2.32. The van der Waals surface area contributed by atoms with E-state index in [9.17, 15) is 4.39 Å². The van der Waals surface area contributed by atoms with Crippen LogP contribution in [0.2, 0.25) is 5.02 Å². The Bertz CT molecular complexity index is 580. The molecule has 1 heterocycles. The Kier molecular flexibility index (Phi) is 4.16. The van der Waals surface area contributed by atoms with Gasteiger partial charge in [0.1, 0.15) is 5.75 Å². The number of hydrogen-bond acceptors (Lipinski definition) is 3. The van der Waals surface area contributed by atoms with Crippen molar-refractivity contribution in [3.05, 3.63) is 51.3 Å². The molecule has 1 aromatic carbocycles. The second-order valence-electron chi connectivity index (χ2n) is 3.42. The lowest BCUT2D eigenvalue weighted by Gasteiger charge is -2.09. The van der Waals surface area contributed by atoms with Crippen LogP contribution in [0.15, 0.2) is 34.9 Å². The summed E-state index contributed by atoms with van der Waals surface area (Å²) in [4.78, 5) is 3.77. The molecule has 6 heteroatoms. The van der Waals surface area contributed by atoms with Gasteiger partial charge in [-0.3, -0.25) is 0 Å². The highest BCUT2D eigenvalue weighted by atomic mass is 79.9. The van der Waals surface area contributed by atoms with Crippen LogP contribution in [0.1, 0.15) is 5.56 Å². The number of pyridine rings is 1. The molecule has 0 unspecified atom stereocenters. The number of hydrogen-bond donors (Lipinski definition) is 1. The normalized spacial score (nSPS) is 10.4. The van der Waals surface area contributed by atoms with Crippen LogP contribution < -0.4 is 4.74 Å². The van der Waals surface area contributed by atoms with Crippen LogP contribution in [0, 0.1) is 5.82 Å². The van der Waals surface area contributed by atoms with Gasteiger partial charge in [0, 0.05) is 16.2 Å². The first-order valence-electron chi connectivity index (χ1n) is 4.99. The highest BCUT2D eigenvalue weighted by Gasteiger charge is 2.12. The van der Waals surface area contributed by atoms with E-state index in [2.05, 4.69) is 20.9 Å². The molecule has 0 aliphatic heterocycles. The third kappa shape index (κ3) is 2.80. The average molecular weight is 333 g/mol. The number of halogens is 3. The zero-order chi connectivity index (χ0) is 13.1. The molecule has 0 amide bonds. The SMILES string of the molecule is OCc1ccnc(Oc2cc(Br)ccc2Cl)c1F. The van der Waals surface area contributed by atoms with Crippen molar-refractivity contribution in [3.8, 4) is 11.6 Å².